The van der Waals surface area contributed by atoms with Gasteiger partial charge in [-0.25, -0.2) is 0 Å². The van der Waals surface area contributed by atoms with Crippen molar-refractivity contribution in [2.75, 3.05) is 0 Å². The molecule has 5 nitrogen and oxygen atoms in total. The zero-order chi connectivity index (χ0) is 15.6. The van der Waals surface area contributed by atoms with Crippen LogP contribution in [0.4, 0.5) is 5.69 Å². The minimum atomic E-state index is -0.475. The summed E-state index contributed by atoms with van der Waals surface area (Å²) in [6, 6.07) is 10.4. The summed E-state index contributed by atoms with van der Waals surface area (Å²) < 4.78 is 5.70. The standard InChI is InChI=1S/C16H14N2O3/c1-10-4-5-13(9-17)15(8-10)21-16-12(3)6-11(2)7-14(16)18(19)20/h4-8H,1-3H3. The van der Waals surface area contributed by atoms with Crippen molar-refractivity contribution in [3.63, 3.8) is 0 Å². The minimum absolute atomic E-state index is 0.0992. The summed E-state index contributed by atoms with van der Waals surface area (Å²) in [7, 11) is 0. The molecule has 0 aliphatic heterocycles. The summed E-state index contributed by atoms with van der Waals surface area (Å²) in [6.07, 6.45) is 0. The summed E-state index contributed by atoms with van der Waals surface area (Å²) in [6.45, 7) is 5.40. The van der Waals surface area contributed by atoms with Crippen LogP contribution in [0, 0.1) is 42.2 Å². The van der Waals surface area contributed by atoms with E-state index < -0.39 is 4.92 Å². The zero-order valence-electron chi connectivity index (χ0n) is 12.0. The number of ether oxygens (including phenoxy) is 1. The molecule has 0 N–H and O–H groups in total. The van der Waals surface area contributed by atoms with Crippen molar-refractivity contribution in [1.29, 1.82) is 5.26 Å². The molecule has 106 valence electrons. The van der Waals surface area contributed by atoms with E-state index in [9.17, 15) is 10.1 Å². The smallest absolute Gasteiger partial charge is 0.312 e. The first-order valence-electron chi connectivity index (χ1n) is 6.36. The zero-order valence-corrected chi connectivity index (χ0v) is 12.0. The predicted molar refractivity (Wildman–Crippen MR) is 78.5 cm³/mol. The van der Waals surface area contributed by atoms with E-state index in [1.165, 1.54) is 6.07 Å². The maximum atomic E-state index is 11.2. The maximum Gasteiger partial charge on any atom is 0.312 e. The fourth-order valence-electron chi connectivity index (χ4n) is 2.12. The Balaban J connectivity index is 2.57. The van der Waals surface area contributed by atoms with E-state index in [0.717, 1.165) is 11.1 Å². The van der Waals surface area contributed by atoms with Crippen molar-refractivity contribution >= 4 is 5.69 Å². The summed E-state index contributed by atoms with van der Waals surface area (Å²) in [5.41, 5.74) is 2.60. The molecule has 5 heteroatoms. The van der Waals surface area contributed by atoms with Crippen LogP contribution in [0.15, 0.2) is 30.3 Å². The van der Waals surface area contributed by atoms with Crippen LogP contribution in [0.25, 0.3) is 0 Å². The molecule has 2 aromatic carbocycles. The fraction of sp³-hybridized carbons (Fsp3) is 0.188. The monoisotopic (exact) mass is 282 g/mol. The number of nitro benzene ring substituents is 1. The average molecular weight is 282 g/mol. The Morgan fingerprint density at radius 3 is 2.48 bits per heavy atom. The lowest BCUT2D eigenvalue weighted by atomic mass is 10.1. The Morgan fingerprint density at radius 1 is 1.14 bits per heavy atom. The van der Waals surface area contributed by atoms with Crippen molar-refractivity contribution in [3.8, 4) is 17.6 Å². The molecule has 0 atom stereocenters. The molecule has 0 bridgehead atoms. The SMILES string of the molecule is Cc1ccc(C#N)c(Oc2c(C)cc(C)cc2[N+](=O)[O-])c1. The second-order valence-corrected chi connectivity index (χ2v) is 4.90. The third-order valence-electron chi connectivity index (χ3n) is 3.07. The molecule has 0 radical (unpaired) electrons. The number of hydrogen-bond donors (Lipinski definition) is 0. The fourth-order valence-corrected chi connectivity index (χ4v) is 2.12. The number of nitrogens with zero attached hydrogens (tertiary/aromatic N) is 2. The Labute approximate surface area is 122 Å². The third kappa shape index (κ3) is 3.00. The normalized spacial score (nSPS) is 10.0. The van der Waals surface area contributed by atoms with Gasteiger partial charge in [0.15, 0.2) is 0 Å². The van der Waals surface area contributed by atoms with Gasteiger partial charge in [-0.3, -0.25) is 10.1 Å². The van der Waals surface area contributed by atoms with E-state index in [2.05, 4.69) is 0 Å². The number of nitro groups is 1. The quantitative estimate of drug-likeness (QED) is 0.625. The van der Waals surface area contributed by atoms with Gasteiger partial charge in [0.25, 0.3) is 0 Å². The molecular formula is C16H14N2O3. The number of rotatable bonds is 3. The molecule has 0 spiro atoms. The second-order valence-electron chi connectivity index (χ2n) is 4.90. The van der Waals surface area contributed by atoms with Crippen LogP contribution in [0.3, 0.4) is 0 Å². The Bertz CT molecular complexity index is 761. The minimum Gasteiger partial charge on any atom is -0.448 e. The van der Waals surface area contributed by atoms with Crippen LogP contribution in [-0.2, 0) is 0 Å². The van der Waals surface area contributed by atoms with E-state index in [-0.39, 0.29) is 11.4 Å². The van der Waals surface area contributed by atoms with Gasteiger partial charge in [-0.05, 0) is 49.6 Å². The van der Waals surface area contributed by atoms with Gasteiger partial charge < -0.3 is 4.74 Å². The van der Waals surface area contributed by atoms with Crippen LogP contribution in [-0.4, -0.2) is 4.92 Å². The second kappa shape index (κ2) is 5.63. The van der Waals surface area contributed by atoms with Crippen LogP contribution >= 0.6 is 0 Å². The van der Waals surface area contributed by atoms with E-state index in [0.29, 0.717) is 16.9 Å². The van der Waals surface area contributed by atoms with E-state index in [1.54, 1.807) is 32.0 Å². The van der Waals surface area contributed by atoms with Gasteiger partial charge in [0.05, 0.1) is 10.5 Å². The van der Waals surface area contributed by atoms with Crippen molar-refractivity contribution in [3.05, 3.63) is 62.7 Å². The van der Waals surface area contributed by atoms with Gasteiger partial charge in [0.1, 0.15) is 11.8 Å². The molecule has 2 rings (SSSR count). The lowest BCUT2D eigenvalue weighted by molar-refractivity contribution is -0.385. The number of aryl methyl sites for hydroxylation is 3. The highest BCUT2D eigenvalue weighted by Gasteiger charge is 2.20. The van der Waals surface area contributed by atoms with Gasteiger partial charge >= 0.3 is 5.69 Å². The van der Waals surface area contributed by atoms with Crippen LogP contribution < -0.4 is 4.74 Å². The Kier molecular flexibility index (Phi) is 3.90. The summed E-state index contributed by atoms with van der Waals surface area (Å²) in [5, 5.41) is 20.3. The highest BCUT2D eigenvalue weighted by atomic mass is 16.6. The highest BCUT2D eigenvalue weighted by Crippen LogP contribution is 2.36. The van der Waals surface area contributed by atoms with Crippen molar-refractivity contribution in [1.82, 2.24) is 0 Å². The van der Waals surface area contributed by atoms with Gasteiger partial charge in [-0.15, -0.1) is 0 Å². The molecule has 0 aliphatic carbocycles. The summed E-state index contributed by atoms with van der Waals surface area (Å²) in [5.74, 6) is 0.500. The van der Waals surface area contributed by atoms with Gasteiger partial charge in [0.2, 0.25) is 5.75 Å². The van der Waals surface area contributed by atoms with E-state index >= 15 is 0 Å². The number of hydrogen-bond acceptors (Lipinski definition) is 4. The predicted octanol–water partition coefficient (Wildman–Crippen LogP) is 4.18. The Hall–Kier alpha value is -2.87. The molecule has 0 fully saturated rings. The largest absolute Gasteiger partial charge is 0.448 e. The van der Waals surface area contributed by atoms with E-state index in [1.807, 2.05) is 19.1 Å². The first-order valence-corrected chi connectivity index (χ1v) is 6.36. The molecule has 0 saturated carbocycles. The highest BCUT2D eigenvalue weighted by molar-refractivity contribution is 5.57. The molecular weight excluding hydrogens is 268 g/mol. The van der Waals surface area contributed by atoms with Crippen LogP contribution in [0.2, 0.25) is 0 Å². The first kappa shape index (κ1) is 14.5. The van der Waals surface area contributed by atoms with E-state index in [4.69, 9.17) is 10.00 Å². The maximum absolute atomic E-state index is 11.2. The van der Waals surface area contributed by atoms with Gasteiger partial charge in [-0.1, -0.05) is 12.1 Å². The third-order valence-corrected chi connectivity index (χ3v) is 3.07. The van der Waals surface area contributed by atoms with Crippen molar-refractivity contribution in [2.24, 2.45) is 0 Å². The van der Waals surface area contributed by atoms with Crippen LogP contribution in [0.1, 0.15) is 22.3 Å². The molecule has 0 heterocycles. The molecule has 21 heavy (non-hydrogen) atoms. The number of benzene rings is 2. The Morgan fingerprint density at radius 2 is 1.86 bits per heavy atom. The number of nitriles is 1. The molecule has 0 aromatic heterocycles. The molecule has 0 saturated heterocycles. The molecule has 0 aliphatic rings. The summed E-state index contributed by atoms with van der Waals surface area (Å²) >= 11 is 0. The molecule has 0 amide bonds. The lowest BCUT2D eigenvalue weighted by Crippen LogP contribution is -1.98. The molecule has 2 aromatic rings. The van der Waals surface area contributed by atoms with Crippen LogP contribution in [0.5, 0.6) is 11.5 Å². The van der Waals surface area contributed by atoms with Crippen molar-refractivity contribution < 1.29 is 9.66 Å². The van der Waals surface area contributed by atoms with Gasteiger partial charge in [-0.2, -0.15) is 5.26 Å². The topological polar surface area (TPSA) is 76.2 Å². The summed E-state index contributed by atoms with van der Waals surface area (Å²) in [4.78, 5) is 10.7. The average Bonchev–Trinajstić information content (AvgIpc) is 2.41. The molecule has 0 unspecified atom stereocenters. The first-order chi connectivity index (χ1) is 9.92. The van der Waals surface area contributed by atoms with Gasteiger partial charge in [0, 0.05) is 6.07 Å². The lowest BCUT2D eigenvalue weighted by Gasteiger charge is -2.11. The van der Waals surface area contributed by atoms with Crippen molar-refractivity contribution in [2.45, 2.75) is 20.8 Å².